The summed E-state index contributed by atoms with van der Waals surface area (Å²) < 4.78 is 5.30. The number of likely N-dealkylation sites (tertiary alicyclic amines) is 1. The second kappa shape index (κ2) is 7.29. The van der Waals surface area contributed by atoms with Crippen molar-refractivity contribution >= 4 is 5.97 Å². The van der Waals surface area contributed by atoms with Gasteiger partial charge in [-0.05, 0) is 46.8 Å². The molecule has 0 amide bonds. The molecule has 1 aliphatic heterocycles. The fraction of sp³-hybridized carbons (Fsp3) is 0.562. The highest BCUT2D eigenvalue weighted by atomic mass is 16.5. The zero-order valence-electron chi connectivity index (χ0n) is 12.3. The Morgan fingerprint density at radius 1 is 1.37 bits per heavy atom. The third kappa shape index (κ3) is 3.80. The lowest BCUT2D eigenvalue weighted by molar-refractivity contribution is -0.155. The van der Waals surface area contributed by atoms with Crippen molar-refractivity contribution in [3.63, 3.8) is 0 Å². The lowest BCUT2D eigenvalue weighted by Crippen LogP contribution is -2.44. The Kier molecular flexibility index (Phi) is 6.03. The fourth-order valence-electron chi connectivity index (χ4n) is 2.47. The number of carbonyl (C=O) groups excluding carboxylic acids is 1. The van der Waals surface area contributed by atoms with E-state index in [1.54, 1.807) is 6.08 Å². The summed E-state index contributed by atoms with van der Waals surface area (Å²) in [4.78, 5) is 14.6. The molecule has 0 bridgehead atoms. The molecule has 0 spiro atoms. The van der Waals surface area contributed by atoms with Crippen LogP contribution in [0.1, 0.15) is 26.7 Å². The molecule has 0 aromatic heterocycles. The van der Waals surface area contributed by atoms with Crippen LogP contribution in [0.3, 0.4) is 0 Å². The van der Waals surface area contributed by atoms with Crippen LogP contribution in [0.25, 0.3) is 0 Å². The number of hydrogen-bond donors (Lipinski definition) is 0. The normalized spacial score (nSPS) is 20.5. The Balaban J connectivity index is 2.98. The largest absolute Gasteiger partial charge is 0.465 e. The van der Waals surface area contributed by atoms with Crippen LogP contribution in [-0.4, -0.2) is 37.6 Å². The van der Waals surface area contributed by atoms with E-state index >= 15 is 0 Å². The molecule has 1 saturated heterocycles. The molecule has 0 saturated carbocycles. The van der Waals surface area contributed by atoms with Crippen molar-refractivity contribution in [2.45, 2.75) is 26.7 Å². The van der Waals surface area contributed by atoms with Gasteiger partial charge in [-0.1, -0.05) is 36.5 Å². The summed E-state index contributed by atoms with van der Waals surface area (Å²) in [6, 6.07) is 0. The lowest BCUT2D eigenvalue weighted by atomic mass is 9.72. The van der Waals surface area contributed by atoms with Gasteiger partial charge >= 0.3 is 5.97 Å². The third-order valence-corrected chi connectivity index (χ3v) is 3.86. The van der Waals surface area contributed by atoms with E-state index in [0.717, 1.165) is 31.5 Å². The minimum Gasteiger partial charge on any atom is -0.465 e. The molecule has 106 valence electrons. The van der Waals surface area contributed by atoms with Gasteiger partial charge in [0.2, 0.25) is 0 Å². The van der Waals surface area contributed by atoms with Crippen molar-refractivity contribution in [2.75, 3.05) is 26.7 Å². The summed E-state index contributed by atoms with van der Waals surface area (Å²) in [5.74, 6) is -0.0798. The van der Waals surface area contributed by atoms with Crippen molar-refractivity contribution in [3.8, 4) is 0 Å². The molecule has 0 aliphatic carbocycles. The Labute approximate surface area is 116 Å². The summed E-state index contributed by atoms with van der Waals surface area (Å²) in [6.07, 6.45) is 9.19. The number of allylic oxidation sites excluding steroid dienone is 4. The van der Waals surface area contributed by atoms with Crippen LogP contribution >= 0.6 is 0 Å². The predicted molar refractivity (Wildman–Crippen MR) is 78.9 cm³/mol. The Bertz CT molecular complexity index is 374. The zero-order chi connectivity index (χ0) is 14.3. The Hall–Kier alpha value is -1.35. The minimum atomic E-state index is -0.450. The summed E-state index contributed by atoms with van der Waals surface area (Å²) in [6.45, 7) is 9.82. The fourth-order valence-corrected chi connectivity index (χ4v) is 2.47. The van der Waals surface area contributed by atoms with Gasteiger partial charge in [0, 0.05) is 0 Å². The summed E-state index contributed by atoms with van der Waals surface area (Å²) in [7, 11) is 2.09. The first-order chi connectivity index (χ1) is 9.06. The van der Waals surface area contributed by atoms with E-state index < -0.39 is 5.41 Å². The number of esters is 1. The smallest absolute Gasteiger partial charge is 0.316 e. The van der Waals surface area contributed by atoms with E-state index in [2.05, 4.69) is 18.5 Å². The number of carbonyl (C=O) groups is 1. The minimum absolute atomic E-state index is 0.0798. The molecule has 3 nitrogen and oxygen atoms in total. The van der Waals surface area contributed by atoms with Crippen LogP contribution in [0.15, 0.2) is 36.5 Å². The number of ether oxygens (including phenoxy) is 1. The van der Waals surface area contributed by atoms with Crippen molar-refractivity contribution in [1.82, 2.24) is 4.90 Å². The molecule has 19 heavy (non-hydrogen) atoms. The van der Waals surface area contributed by atoms with Crippen LogP contribution in [0.5, 0.6) is 0 Å². The highest BCUT2D eigenvalue weighted by Crippen LogP contribution is 2.39. The summed E-state index contributed by atoms with van der Waals surface area (Å²) in [5.41, 5.74) is 0.630. The molecule has 1 rings (SSSR count). The molecule has 1 heterocycles. The van der Waals surface area contributed by atoms with E-state index in [0.29, 0.717) is 6.61 Å². The third-order valence-electron chi connectivity index (χ3n) is 3.86. The SMILES string of the molecule is C=CC=CC=C(C)C1(C(=O)OCC)CCN(C)CC1. The highest BCUT2D eigenvalue weighted by molar-refractivity contribution is 5.80. The highest BCUT2D eigenvalue weighted by Gasteiger charge is 2.43. The first-order valence-electron chi connectivity index (χ1n) is 6.89. The van der Waals surface area contributed by atoms with E-state index in [1.807, 2.05) is 32.1 Å². The number of hydrogen-bond acceptors (Lipinski definition) is 3. The number of rotatable bonds is 5. The maximum absolute atomic E-state index is 12.4. The van der Waals surface area contributed by atoms with Gasteiger partial charge in [0.25, 0.3) is 0 Å². The number of nitrogens with zero attached hydrogens (tertiary/aromatic N) is 1. The average Bonchev–Trinajstić information content (AvgIpc) is 2.40. The monoisotopic (exact) mass is 263 g/mol. The topological polar surface area (TPSA) is 29.5 Å². The predicted octanol–water partition coefficient (Wildman–Crippen LogP) is 2.95. The van der Waals surface area contributed by atoms with Crippen LogP contribution < -0.4 is 0 Å². The van der Waals surface area contributed by atoms with E-state index in [-0.39, 0.29) is 5.97 Å². The molecule has 0 aromatic rings. The van der Waals surface area contributed by atoms with Gasteiger partial charge in [-0.25, -0.2) is 0 Å². The molecule has 1 aliphatic rings. The van der Waals surface area contributed by atoms with E-state index in [1.165, 1.54) is 0 Å². The number of piperidine rings is 1. The molecule has 0 unspecified atom stereocenters. The average molecular weight is 263 g/mol. The molecular formula is C16H25NO2. The quantitative estimate of drug-likeness (QED) is 0.564. The standard InChI is InChI=1S/C16H25NO2/c1-5-7-8-9-14(3)16(15(18)19-6-2)10-12-17(4)13-11-16/h5,7-9H,1,6,10-13H2,2-4H3. The zero-order valence-corrected chi connectivity index (χ0v) is 12.3. The molecule has 0 aromatic carbocycles. The van der Waals surface area contributed by atoms with E-state index in [9.17, 15) is 4.79 Å². The second-order valence-corrected chi connectivity index (χ2v) is 5.08. The first kappa shape index (κ1) is 15.7. The van der Waals surface area contributed by atoms with Gasteiger partial charge in [0.1, 0.15) is 0 Å². The maximum atomic E-state index is 12.4. The van der Waals surface area contributed by atoms with Gasteiger partial charge in [0.05, 0.1) is 12.0 Å². The van der Waals surface area contributed by atoms with Gasteiger partial charge in [-0.2, -0.15) is 0 Å². The van der Waals surface area contributed by atoms with Crippen molar-refractivity contribution in [1.29, 1.82) is 0 Å². The maximum Gasteiger partial charge on any atom is 0.316 e. The van der Waals surface area contributed by atoms with Crippen LogP contribution in [0.4, 0.5) is 0 Å². The molecule has 0 N–H and O–H groups in total. The van der Waals surface area contributed by atoms with E-state index in [4.69, 9.17) is 4.74 Å². The summed E-state index contributed by atoms with van der Waals surface area (Å²) in [5, 5.41) is 0. The van der Waals surface area contributed by atoms with Gasteiger partial charge < -0.3 is 9.64 Å². The molecule has 0 atom stereocenters. The van der Waals surface area contributed by atoms with Crippen molar-refractivity contribution in [3.05, 3.63) is 36.5 Å². The van der Waals surface area contributed by atoms with Crippen molar-refractivity contribution < 1.29 is 9.53 Å². The Morgan fingerprint density at radius 2 is 2.00 bits per heavy atom. The van der Waals surface area contributed by atoms with Crippen LogP contribution in [-0.2, 0) is 9.53 Å². The van der Waals surface area contributed by atoms with Gasteiger partial charge in [-0.3, -0.25) is 4.79 Å². The van der Waals surface area contributed by atoms with Gasteiger partial charge in [-0.15, -0.1) is 0 Å². The van der Waals surface area contributed by atoms with Crippen LogP contribution in [0, 0.1) is 5.41 Å². The first-order valence-corrected chi connectivity index (χ1v) is 6.89. The molecule has 1 fully saturated rings. The Morgan fingerprint density at radius 3 is 2.53 bits per heavy atom. The summed E-state index contributed by atoms with van der Waals surface area (Å²) >= 11 is 0. The van der Waals surface area contributed by atoms with Crippen molar-refractivity contribution in [2.24, 2.45) is 5.41 Å². The molecule has 0 radical (unpaired) electrons. The molecular weight excluding hydrogens is 238 g/mol. The lowest BCUT2D eigenvalue weighted by Gasteiger charge is -2.39. The van der Waals surface area contributed by atoms with Crippen LogP contribution in [0.2, 0.25) is 0 Å². The second-order valence-electron chi connectivity index (χ2n) is 5.08. The molecule has 3 heteroatoms. The van der Waals surface area contributed by atoms with Gasteiger partial charge in [0.15, 0.2) is 0 Å².